The van der Waals surface area contributed by atoms with Crippen molar-refractivity contribution in [1.29, 1.82) is 0 Å². The Kier molecular flexibility index (Phi) is 2.62. The lowest BCUT2D eigenvalue weighted by atomic mass is 10.2. The molecule has 82 valence electrons. The number of aromatic carboxylic acids is 1. The van der Waals surface area contributed by atoms with Gasteiger partial charge in [-0.15, -0.1) is 5.10 Å². The summed E-state index contributed by atoms with van der Waals surface area (Å²) < 4.78 is 1.31. The van der Waals surface area contributed by atoms with Crippen molar-refractivity contribution in [2.24, 2.45) is 0 Å². The first-order valence-electron chi connectivity index (χ1n) is 4.51. The van der Waals surface area contributed by atoms with Gasteiger partial charge in [-0.1, -0.05) is 35.0 Å². The predicted octanol–water partition coefficient (Wildman–Crippen LogP) is 1.93. The van der Waals surface area contributed by atoms with E-state index in [9.17, 15) is 4.79 Å². The first-order chi connectivity index (χ1) is 7.61. The molecular formula is C10H8ClN3O2. The predicted molar refractivity (Wildman–Crippen MR) is 58.1 cm³/mol. The molecule has 5 nitrogen and oxygen atoms in total. The van der Waals surface area contributed by atoms with Crippen molar-refractivity contribution in [3.05, 3.63) is 40.7 Å². The zero-order valence-electron chi connectivity index (χ0n) is 8.38. The Labute approximate surface area is 96.3 Å². The first-order valence-corrected chi connectivity index (χ1v) is 4.89. The van der Waals surface area contributed by atoms with Crippen molar-refractivity contribution < 1.29 is 9.90 Å². The Balaban J connectivity index is 2.58. The number of carboxylic acid groups (broad SMARTS) is 1. The third kappa shape index (κ3) is 1.65. The van der Waals surface area contributed by atoms with Gasteiger partial charge in [-0.05, 0) is 18.6 Å². The Morgan fingerprint density at radius 1 is 1.44 bits per heavy atom. The molecule has 1 aromatic heterocycles. The molecule has 0 aliphatic carbocycles. The number of hydrogen-bond acceptors (Lipinski definition) is 3. The summed E-state index contributed by atoms with van der Waals surface area (Å²) in [7, 11) is 0. The van der Waals surface area contributed by atoms with Crippen molar-refractivity contribution in [1.82, 2.24) is 15.0 Å². The second-order valence-corrected chi connectivity index (χ2v) is 3.59. The van der Waals surface area contributed by atoms with E-state index in [1.807, 2.05) is 25.1 Å². The summed E-state index contributed by atoms with van der Waals surface area (Å²) in [4.78, 5) is 10.8. The van der Waals surface area contributed by atoms with Gasteiger partial charge in [-0.2, -0.15) is 0 Å². The fourth-order valence-electron chi connectivity index (χ4n) is 1.36. The highest BCUT2D eigenvalue weighted by molar-refractivity contribution is 6.32. The minimum atomic E-state index is -1.19. The molecule has 1 N–H and O–H groups in total. The van der Waals surface area contributed by atoms with Crippen molar-refractivity contribution in [3.8, 4) is 5.69 Å². The van der Waals surface area contributed by atoms with Gasteiger partial charge >= 0.3 is 5.97 Å². The van der Waals surface area contributed by atoms with Crippen LogP contribution in [-0.4, -0.2) is 26.1 Å². The van der Waals surface area contributed by atoms with Crippen LogP contribution in [0.15, 0.2) is 24.3 Å². The van der Waals surface area contributed by atoms with E-state index in [1.165, 1.54) is 4.68 Å². The molecule has 0 saturated heterocycles. The van der Waals surface area contributed by atoms with Crippen molar-refractivity contribution in [3.63, 3.8) is 0 Å². The van der Waals surface area contributed by atoms with Crippen molar-refractivity contribution >= 4 is 17.6 Å². The second-order valence-electron chi connectivity index (χ2n) is 3.23. The van der Waals surface area contributed by atoms with Crippen LogP contribution < -0.4 is 0 Å². The van der Waals surface area contributed by atoms with Crippen LogP contribution in [0.4, 0.5) is 0 Å². The second kappa shape index (κ2) is 3.94. The summed E-state index contributed by atoms with van der Waals surface area (Å²) >= 11 is 5.88. The Morgan fingerprint density at radius 2 is 2.12 bits per heavy atom. The monoisotopic (exact) mass is 237 g/mol. The molecule has 0 bridgehead atoms. The number of benzene rings is 1. The number of aryl methyl sites for hydroxylation is 1. The van der Waals surface area contributed by atoms with Gasteiger partial charge in [-0.25, -0.2) is 9.48 Å². The minimum absolute atomic E-state index is 0.00167. The molecule has 0 atom stereocenters. The van der Waals surface area contributed by atoms with Gasteiger partial charge in [0.15, 0.2) is 5.15 Å². The highest BCUT2D eigenvalue weighted by Gasteiger charge is 2.18. The SMILES string of the molecule is Cc1ccccc1-n1nnc(C(=O)O)c1Cl. The van der Waals surface area contributed by atoms with Gasteiger partial charge in [0, 0.05) is 0 Å². The van der Waals surface area contributed by atoms with Gasteiger partial charge in [-0.3, -0.25) is 0 Å². The lowest BCUT2D eigenvalue weighted by Crippen LogP contribution is -2.00. The number of nitrogens with zero attached hydrogens (tertiary/aromatic N) is 3. The molecule has 0 aliphatic rings. The molecule has 0 aliphatic heterocycles. The highest BCUT2D eigenvalue weighted by Crippen LogP contribution is 2.20. The molecule has 0 saturated carbocycles. The number of halogens is 1. The zero-order valence-corrected chi connectivity index (χ0v) is 9.14. The fraction of sp³-hybridized carbons (Fsp3) is 0.100. The molecule has 0 spiro atoms. The van der Waals surface area contributed by atoms with E-state index in [0.29, 0.717) is 5.69 Å². The molecule has 0 radical (unpaired) electrons. The van der Waals surface area contributed by atoms with E-state index in [2.05, 4.69) is 10.3 Å². The minimum Gasteiger partial charge on any atom is -0.476 e. The van der Waals surface area contributed by atoms with Crippen LogP contribution in [0, 0.1) is 6.92 Å². The van der Waals surface area contributed by atoms with E-state index >= 15 is 0 Å². The Morgan fingerprint density at radius 3 is 2.69 bits per heavy atom. The zero-order chi connectivity index (χ0) is 11.7. The molecular weight excluding hydrogens is 230 g/mol. The van der Waals surface area contributed by atoms with Gasteiger partial charge < -0.3 is 5.11 Å². The number of carbonyl (C=O) groups is 1. The average Bonchev–Trinajstić information content (AvgIpc) is 2.61. The summed E-state index contributed by atoms with van der Waals surface area (Å²) in [5, 5.41) is 16.0. The van der Waals surface area contributed by atoms with E-state index in [1.54, 1.807) is 6.07 Å². The molecule has 1 aromatic carbocycles. The number of hydrogen-bond donors (Lipinski definition) is 1. The lowest BCUT2D eigenvalue weighted by Gasteiger charge is -2.04. The largest absolute Gasteiger partial charge is 0.476 e. The average molecular weight is 238 g/mol. The van der Waals surface area contributed by atoms with Gasteiger partial charge in [0.05, 0.1) is 5.69 Å². The van der Waals surface area contributed by atoms with E-state index < -0.39 is 5.97 Å². The maximum atomic E-state index is 10.8. The molecule has 1 heterocycles. The van der Waals surface area contributed by atoms with Gasteiger partial charge in [0.2, 0.25) is 5.69 Å². The van der Waals surface area contributed by atoms with Crippen LogP contribution in [-0.2, 0) is 0 Å². The van der Waals surface area contributed by atoms with Crippen molar-refractivity contribution in [2.75, 3.05) is 0 Å². The summed E-state index contributed by atoms with van der Waals surface area (Å²) in [5.74, 6) is -1.19. The third-order valence-corrected chi connectivity index (χ3v) is 2.50. The maximum Gasteiger partial charge on any atom is 0.359 e. The molecule has 6 heteroatoms. The lowest BCUT2D eigenvalue weighted by molar-refractivity contribution is 0.0690. The number of rotatable bonds is 2. The molecule has 2 aromatic rings. The van der Waals surface area contributed by atoms with Crippen LogP contribution >= 0.6 is 11.6 Å². The molecule has 0 unspecified atom stereocenters. The van der Waals surface area contributed by atoms with E-state index in [4.69, 9.17) is 16.7 Å². The van der Waals surface area contributed by atoms with Crippen LogP contribution in [0.3, 0.4) is 0 Å². The maximum absolute atomic E-state index is 10.8. The summed E-state index contributed by atoms with van der Waals surface area (Å²) in [6, 6.07) is 7.37. The Bertz CT molecular complexity index is 551. The van der Waals surface area contributed by atoms with Crippen LogP contribution in [0.5, 0.6) is 0 Å². The molecule has 0 fully saturated rings. The molecule has 2 rings (SSSR count). The smallest absolute Gasteiger partial charge is 0.359 e. The van der Waals surface area contributed by atoms with Gasteiger partial charge in [0.25, 0.3) is 0 Å². The van der Waals surface area contributed by atoms with E-state index in [0.717, 1.165) is 5.56 Å². The topological polar surface area (TPSA) is 68.0 Å². The van der Waals surface area contributed by atoms with E-state index in [-0.39, 0.29) is 10.8 Å². The standard InChI is InChI=1S/C10H8ClN3O2/c1-6-4-2-3-5-7(6)14-9(11)8(10(15)16)12-13-14/h2-5H,1H3,(H,15,16). The van der Waals surface area contributed by atoms with Gasteiger partial charge in [0.1, 0.15) is 0 Å². The highest BCUT2D eigenvalue weighted by atomic mass is 35.5. The molecule has 16 heavy (non-hydrogen) atoms. The Hall–Kier alpha value is -1.88. The first kappa shape index (κ1) is 10.6. The number of para-hydroxylation sites is 1. The third-order valence-electron chi connectivity index (χ3n) is 2.16. The summed E-state index contributed by atoms with van der Waals surface area (Å²) in [5.41, 5.74) is 1.41. The van der Waals surface area contributed by atoms with Crippen LogP contribution in [0.25, 0.3) is 5.69 Å². The summed E-state index contributed by atoms with van der Waals surface area (Å²) in [6.45, 7) is 1.88. The number of aromatic nitrogens is 3. The van der Waals surface area contributed by atoms with Crippen LogP contribution in [0.2, 0.25) is 5.15 Å². The van der Waals surface area contributed by atoms with Crippen LogP contribution in [0.1, 0.15) is 16.1 Å². The quantitative estimate of drug-likeness (QED) is 0.867. The normalized spacial score (nSPS) is 10.4. The fourth-order valence-corrected chi connectivity index (χ4v) is 1.60. The molecule has 0 amide bonds. The number of carboxylic acids is 1. The summed E-state index contributed by atoms with van der Waals surface area (Å²) in [6.07, 6.45) is 0. The van der Waals surface area contributed by atoms with Crippen molar-refractivity contribution in [2.45, 2.75) is 6.92 Å².